The number of aromatic nitrogens is 1. The monoisotopic (exact) mass is 712 g/mol. The van der Waals surface area contributed by atoms with Crippen LogP contribution in [0.1, 0.15) is 0 Å². The number of para-hydroxylation sites is 3. The number of hydrogen-bond acceptors (Lipinski definition) is 1. The summed E-state index contributed by atoms with van der Waals surface area (Å²) >= 11 is 0. The van der Waals surface area contributed by atoms with Gasteiger partial charge in [-0.15, -0.1) is 0 Å². The van der Waals surface area contributed by atoms with Gasteiger partial charge in [-0.05, 0) is 105 Å². The topological polar surface area (TPSA) is 7.65 Å². The molecule has 2 nitrogen and oxygen atoms in total. The van der Waals surface area contributed by atoms with E-state index in [-0.39, 0.29) is 0 Å². The van der Waals surface area contributed by atoms with Crippen LogP contribution >= 0.6 is 0 Å². The number of benzene rings is 9. The summed E-state index contributed by atoms with van der Waals surface area (Å²) < 4.78 is 2.44. The second-order valence-corrected chi connectivity index (χ2v) is 14.6. The molecule has 0 aliphatic rings. The summed E-state index contributed by atoms with van der Waals surface area (Å²) in [5.74, 6) is 0. The third kappa shape index (κ3) is 5.34. The van der Waals surface area contributed by atoms with Crippen LogP contribution < -0.4 is 4.90 Å². The van der Waals surface area contributed by atoms with Gasteiger partial charge in [0.1, 0.15) is 0 Å². The molecule has 262 valence electrons. The molecule has 0 radical (unpaired) electrons. The molecule has 0 amide bonds. The molecule has 11 rings (SSSR count). The highest BCUT2D eigenvalue weighted by molar-refractivity contribution is 6.24. The Balaban J connectivity index is 0.869. The second kappa shape index (κ2) is 13.2. The Kier molecular flexibility index (Phi) is 7.53. The highest BCUT2D eigenvalue weighted by Crippen LogP contribution is 2.42. The fraction of sp³-hybridized carbons (Fsp3) is 0. The first-order valence-corrected chi connectivity index (χ1v) is 19.3. The maximum atomic E-state index is 2.44. The second-order valence-electron chi connectivity index (χ2n) is 14.6. The Morgan fingerprint density at radius 1 is 0.250 bits per heavy atom. The summed E-state index contributed by atoms with van der Waals surface area (Å²) in [6.45, 7) is 0. The van der Waals surface area contributed by atoms with Gasteiger partial charge in [0.15, 0.2) is 0 Å². The highest BCUT2D eigenvalue weighted by atomic mass is 15.1. The smallest absolute Gasteiger partial charge is 0.0620 e. The zero-order valence-corrected chi connectivity index (χ0v) is 30.7. The first kappa shape index (κ1) is 32.0. The van der Waals surface area contributed by atoms with Gasteiger partial charge in [0.25, 0.3) is 0 Å². The van der Waals surface area contributed by atoms with E-state index in [1.165, 1.54) is 82.6 Å². The molecule has 0 atom stereocenters. The molecule has 0 N–H and O–H groups in total. The van der Waals surface area contributed by atoms with E-state index in [1.807, 2.05) is 0 Å². The summed E-state index contributed by atoms with van der Waals surface area (Å²) in [5.41, 5.74) is 16.9. The molecular formula is C54H36N2. The minimum Gasteiger partial charge on any atom is -0.311 e. The van der Waals surface area contributed by atoms with Gasteiger partial charge in [-0.3, -0.25) is 0 Å². The molecule has 0 bridgehead atoms. The predicted octanol–water partition coefficient (Wildman–Crippen LogP) is 15.0. The molecule has 0 aliphatic heterocycles. The maximum absolute atomic E-state index is 2.44. The molecule has 56 heavy (non-hydrogen) atoms. The van der Waals surface area contributed by atoms with E-state index in [1.54, 1.807) is 0 Å². The average Bonchev–Trinajstić information content (AvgIpc) is 3.80. The Bertz CT molecular complexity index is 3040. The fourth-order valence-electron chi connectivity index (χ4n) is 8.59. The van der Waals surface area contributed by atoms with Crippen LogP contribution in [0.15, 0.2) is 218 Å². The molecule has 0 aliphatic carbocycles. The minimum atomic E-state index is 1.12. The third-order valence-corrected chi connectivity index (χ3v) is 11.3. The van der Waals surface area contributed by atoms with E-state index in [0.717, 1.165) is 17.1 Å². The van der Waals surface area contributed by atoms with Gasteiger partial charge in [-0.25, -0.2) is 0 Å². The van der Waals surface area contributed by atoms with Crippen LogP contribution in [0.2, 0.25) is 0 Å². The molecule has 0 saturated carbocycles. The Labute approximate surface area is 326 Å². The van der Waals surface area contributed by atoms with Crippen molar-refractivity contribution in [1.82, 2.24) is 4.40 Å². The number of anilines is 3. The molecule has 11 aromatic rings. The van der Waals surface area contributed by atoms with E-state index in [0.29, 0.717) is 0 Å². The molecule has 0 saturated heterocycles. The number of hydrogen-bond donors (Lipinski definition) is 0. The van der Waals surface area contributed by atoms with Gasteiger partial charge >= 0.3 is 0 Å². The van der Waals surface area contributed by atoms with Crippen LogP contribution in [0.5, 0.6) is 0 Å². The molecule has 0 fully saturated rings. The van der Waals surface area contributed by atoms with Gasteiger partial charge < -0.3 is 9.30 Å². The Morgan fingerprint density at radius 3 is 1.02 bits per heavy atom. The summed E-state index contributed by atoms with van der Waals surface area (Å²) in [4.78, 5) is 2.31. The first-order chi connectivity index (χ1) is 27.8. The Morgan fingerprint density at radius 2 is 0.571 bits per heavy atom. The van der Waals surface area contributed by atoms with E-state index in [4.69, 9.17) is 0 Å². The van der Waals surface area contributed by atoms with Crippen molar-refractivity contribution >= 4 is 55.2 Å². The number of nitrogens with zero attached hydrogens (tertiary/aromatic N) is 2. The van der Waals surface area contributed by atoms with Gasteiger partial charge in [-0.2, -0.15) is 0 Å². The standard InChI is InChI=1S/C54H36N2/c1-3-11-37(12-4-1)41-27-31-46(32-28-41)55(45-13-5-2-6-14-45)47-33-29-42(30-34-47)40-21-19-38(20-22-40)39-23-25-43(26-24-39)44-35-50-48-15-7-9-17-52(48)56-53-18-10-8-16-49(53)51(36-44)54(50)56/h1-36H. The molecule has 2 heteroatoms. The molecule has 2 aromatic heterocycles. The third-order valence-electron chi connectivity index (χ3n) is 11.3. The van der Waals surface area contributed by atoms with Gasteiger partial charge in [-0.1, -0.05) is 158 Å². The van der Waals surface area contributed by atoms with Crippen molar-refractivity contribution in [3.05, 3.63) is 218 Å². The molecular weight excluding hydrogens is 677 g/mol. The van der Waals surface area contributed by atoms with Crippen LogP contribution in [0, 0.1) is 0 Å². The van der Waals surface area contributed by atoms with E-state index >= 15 is 0 Å². The summed E-state index contributed by atoms with van der Waals surface area (Å²) in [6.07, 6.45) is 0. The normalized spacial score (nSPS) is 11.6. The van der Waals surface area contributed by atoms with Crippen LogP contribution in [0.4, 0.5) is 17.1 Å². The van der Waals surface area contributed by atoms with E-state index in [2.05, 4.69) is 228 Å². The fourth-order valence-corrected chi connectivity index (χ4v) is 8.59. The van der Waals surface area contributed by atoms with Crippen molar-refractivity contribution in [1.29, 1.82) is 0 Å². The van der Waals surface area contributed by atoms with Crippen molar-refractivity contribution in [3.63, 3.8) is 0 Å². The lowest BCUT2D eigenvalue weighted by Crippen LogP contribution is -2.09. The quantitative estimate of drug-likeness (QED) is 0.160. The zero-order chi connectivity index (χ0) is 37.0. The highest BCUT2D eigenvalue weighted by Gasteiger charge is 2.18. The van der Waals surface area contributed by atoms with Crippen molar-refractivity contribution in [2.24, 2.45) is 0 Å². The van der Waals surface area contributed by atoms with Gasteiger partial charge in [0.05, 0.1) is 16.6 Å². The number of fused-ring (bicyclic) bond motifs is 6. The lowest BCUT2D eigenvalue weighted by atomic mass is 9.96. The van der Waals surface area contributed by atoms with Gasteiger partial charge in [0.2, 0.25) is 0 Å². The average molecular weight is 713 g/mol. The first-order valence-electron chi connectivity index (χ1n) is 19.3. The van der Waals surface area contributed by atoms with E-state index < -0.39 is 0 Å². The van der Waals surface area contributed by atoms with Crippen LogP contribution in [0.3, 0.4) is 0 Å². The van der Waals surface area contributed by atoms with Crippen molar-refractivity contribution in [2.75, 3.05) is 4.90 Å². The zero-order valence-electron chi connectivity index (χ0n) is 30.7. The van der Waals surface area contributed by atoms with Crippen molar-refractivity contribution < 1.29 is 0 Å². The van der Waals surface area contributed by atoms with Crippen LogP contribution in [0.25, 0.3) is 82.6 Å². The molecule has 0 unspecified atom stereocenters. The van der Waals surface area contributed by atoms with Crippen molar-refractivity contribution in [2.45, 2.75) is 0 Å². The largest absolute Gasteiger partial charge is 0.311 e. The van der Waals surface area contributed by atoms with Gasteiger partial charge in [0, 0.05) is 38.6 Å². The van der Waals surface area contributed by atoms with Crippen LogP contribution in [-0.4, -0.2) is 4.40 Å². The minimum absolute atomic E-state index is 1.12. The molecule has 0 spiro atoms. The van der Waals surface area contributed by atoms with Crippen molar-refractivity contribution in [3.8, 4) is 44.5 Å². The molecule has 9 aromatic carbocycles. The SMILES string of the molecule is c1ccc(-c2ccc(N(c3ccccc3)c3ccc(-c4ccc(-c5ccc(-c6cc7c8ccccc8n8c9ccccc9c(c6)c78)cc5)cc4)cc3)cc2)cc1. The van der Waals surface area contributed by atoms with E-state index in [9.17, 15) is 0 Å². The summed E-state index contributed by atoms with van der Waals surface area (Å²) in [5, 5.41) is 5.21. The van der Waals surface area contributed by atoms with Crippen LogP contribution in [-0.2, 0) is 0 Å². The Hall–Kier alpha value is -7.42. The lowest BCUT2D eigenvalue weighted by Gasteiger charge is -2.26. The molecule has 2 heterocycles. The summed E-state index contributed by atoms with van der Waals surface area (Å²) in [6, 6.07) is 79.1. The number of rotatable bonds is 7. The lowest BCUT2D eigenvalue weighted by molar-refractivity contribution is 1.28. The maximum Gasteiger partial charge on any atom is 0.0620 e. The predicted molar refractivity (Wildman–Crippen MR) is 238 cm³/mol. The summed E-state index contributed by atoms with van der Waals surface area (Å²) in [7, 11) is 0.